The molecule has 0 saturated heterocycles. The molecule has 2 amide bonds. The molecule has 5 nitrogen and oxygen atoms in total. The van der Waals surface area contributed by atoms with Gasteiger partial charge in [-0.15, -0.1) is 0 Å². The average molecular weight is 333 g/mol. The molecule has 1 atom stereocenters. The largest absolute Gasteiger partial charge is 0.341 e. The zero-order chi connectivity index (χ0) is 17.7. The molecule has 24 heavy (non-hydrogen) atoms. The van der Waals surface area contributed by atoms with Gasteiger partial charge in [0.1, 0.15) is 11.6 Å². The molecule has 0 spiro atoms. The number of aromatic nitrogens is 1. The Hall–Kier alpha value is -2.83. The van der Waals surface area contributed by atoms with Crippen molar-refractivity contribution in [3.63, 3.8) is 0 Å². The van der Waals surface area contributed by atoms with Crippen molar-refractivity contribution >= 4 is 17.5 Å². The van der Waals surface area contributed by atoms with E-state index in [-0.39, 0.29) is 5.56 Å². The number of hydrogen-bond acceptors (Lipinski definition) is 3. The van der Waals surface area contributed by atoms with Crippen molar-refractivity contribution in [3.05, 3.63) is 59.4 Å². The molecule has 0 bridgehead atoms. The number of hydrogen-bond donors (Lipinski definition) is 2. The zero-order valence-corrected chi connectivity index (χ0v) is 13.3. The quantitative estimate of drug-likeness (QED) is 0.845. The molecule has 7 heteroatoms. The second kappa shape index (κ2) is 7.63. The van der Waals surface area contributed by atoms with E-state index in [1.54, 1.807) is 26.1 Å². The topological polar surface area (TPSA) is 71.1 Å². The van der Waals surface area contributed by atoms with Crippen LogP contribution in [0.5, 0.6) is 0 Å². The lowest BCUT2D eigenvalue weighted by atomic mass is 10.0. The predicted molar refractivity (Wildman–Crippen MR) is 85.1 cm³/mol. The molecule has 2 aromatic rings. The van der Waals surface area contributed by atoms with Crippen molar-refractivity contribution in [2.75, 3.05) is 5.32 Å². The fourth-order valence-electron chi connectivity index (χ4n) is 2.18. The molecule has 0 aliphatic heterocycles. The van der Waals surface area contributed by atoms with E-state index in [4.69, 9.17) is 0 Å². The lowest BCUT2D eigenvalue weighted by Gasteiger charge is -2.18. The number of aryl methyl sites for hydroxylation is 1. The van der Waals surface area contributed by atoms with E-state index in [1.807, 2.05) is 0 Å². The molecule has 1 aromatic heterocycles. The van der Waals surface area contributed by atoms with E-state index in [1.165, 1.54) is 6.20 Å². The normalized spacial score (nSPS) is 11.7. The van der Waals surface area contributed by atoms with Gasteiger partial charge in [-0.2, -0.15) is 0 Å². The molecule has 0 aliphatic rings. The van der Waals surface area contributed by atoms with E-state index in [9.17, 15) is 18.4 Å². The summed E-state index contributed by atoms with van der Waals surface area (Å²) < 4.78 is 27.1. The van der Waals surface area contributed by atoms with Crippen molar-refractivity contribution in [1.29, 1.82) is 0 Å². The minimum Gasteiger partial charge on any atom is -0.341 e. The summed E-state index contributed by atoms with van der Waals surface area (Å²) in [5, 5.41) is 4.85. The number of carbonyl (C=O) groups excluding carboxylic acids is 2. The second-order valence-corrected chi connectivity index (χ2v) is 5.24. The zero-order valence-electron chi connectivity index (χ0n) is 13.3. The van der Waals surface area contributed by atoms with E-state index in [0.717, 1.165) is 23.8 Å². The first-order chi connectivity index (χ1) is 11.4. The van der Waals surface area contributed by atoms with Crippen LogP contribution in [0.1, 0.15) is 30.5 Å². The molecule has 2 rings (SSSR count). The van der Waals surface area contributed by atoms with Crippen LogP contribution in [0.25, 0.3) is 0 Å². The Labute approximate surface area is 138 Å². The molecule has 1 heterocycles. The highest BCUT2D eigenvalue weighted by Gasteiger charge is 2.22. The van der Waals surface area contributed by atoms with Crippen molar-refractivity contribution < 1.29 is 18.4 Å². The summed E-state index contributed by atoms with van der Waals surface area (Å²) in [6.07, 6.45) is 3.28. The van der Waals surface area contributed by atoms with Gasteiger partial charge in [0.15, 0.2) is 0 Å². The number of pyridine rings is 1. The van der Waals surface area contributed by atoms with Gasteiger partial charge in [-0.3, -0.25) is 14.6 Å². The smallest absolute Gasteiger partial charge is 0.313 e. The fraction of sp³-hybridized carbons (Fsp3) is 0.235. The van der Waals surface area contributed by atoms with Gasteiger partial charge in [-0.25, -0.2) is 8.78 Å². The summed E-state index contributed by atoms with van der Waals surface area (Å²) in [6.45, 7) is 3.45. The van der Waals surface area contributed by atoms with Gasteiger partial charge >= 0.3 is 11.8 Å². The molecule has 0 saturated carbocycles. The first-order valence-corrected chi connectivity index (χ1v) is 7.39. The van der Waals surface area contributed by atoms with Gasteiger partial charge in [0, 0.05) is 11.8 Å². The molecule has 0 radical (unpaired) electrons. The number of halogens is 2. The van der Waals surface area contributed by atoms with Crippen LogP contribution in [0.2, 0.25) is 0 Å². The van der Waals surface area contributed by atoms with Crippen LogP contribution in [-0.2, 0) is 9.59 Å². The molecule has 1 aromatic carbocycles. The standard InChI is InChI=1S/C17H17F2N3O2/c1-3-14(12-8-11(18)4-5-13(12)19)21-16(23)17(24)22-15-9-20-7-6-10(15)2/h4-9,14H,3H2,1-2H3,(H,21,23)(H,22,24). The van der Waals surface area contributed by atoms with Crippen LogP contribution in [-0.4, -0.2) is 16.8 Å². The first kappa shape index (κ1) is 17.5. The summed E-state index contributed by atoms with van der Waals surface area (Å²) in [5.41, 5.74) is 1.15. The van der Waals surface area contributed by atoms with E-state index < -0.39 is 29.5 Å². The van der Waals surface area contributed by atoms with Gasteiger partial charge in [-0.1, -0.05) is 6.92 Å². The summed E-state index contributed by atoms with van der Waals surface area (Å²) in [7, 11) is 0. The average Bonchev–Trinajstić information content (AvgIpc) is 2.56. The van der Waals surface area contributed by atoms with Crippen LogP contribution in [0.3, 0.4) is 0 Å². The second-order valence-electron chi connectivity index (χ2n) is 5.24. The maximum atomic E-state index is 13.8. The molecule has 2 N–H and O–H groups in total. The predicted octanol–water partition coefficient (Wildman–Crippen LogP) is 2.87. The highest BCUT2D eigenvalue weighted by atomic mass is 19.1. The maximum Gasteiger partial charge on any atom is 0.313 e. The lowest BCUT2D eigenvalue weighted by Crippen LogP contribution is -2.38. The molecule has 1 unspecified atom stereocenters. The number of nitrogens with one attached hydrogen (secondary N) is 2. The van der Waals surface area contributed by atoms with Crippen molar-refractivity contribution in [1.82, 2.24) is 10.3 Å². The Balaban J connectivity index is 2.10. The Kier molecular flexibility index (Phi) is 5.57. The van der Waals surface area contributed by atoms with Crippen molar-refractivity contribution in [2.24, 2.45) is 0 Å². The van der Waals surface area contributed by atoms with Gasteiger partial charge in [-0.05, 0) is 43.2 Å². The molecule has 0 aliphatic carbocycles. The van der Waals surface area contributed by atoms with Gasteiger partial charge in [0.05, 0.1) is 17.9 Å². The molecular weight excluding hydrogens is 316 g/mol. The van der Waals surface area contributed by atoms with Crippen molar-refractivity contribution in [3.8, 4) is 0 Å². The minimum absolute atomic E-state index is 0.00351. The lowest BCUT2D eigenvalue weighted by molar-refractivity contribution is -0.136. The number of carbonyl (C=O) groups is 2. The monoisotopic (exact) mass is 333 g/mol. The first-order valence-electron chi connectivity index (χ1n) is 7.39. The highest BCUT2D eigenvalue weighted by molar-refractivity contribution is 6.39. The van der Waals surface area contributed by atoms with Crippen LogP contribution in [0.4, 0.5) is 14.5 Å². The number of amides is 2. The van der Waals surface area contributed by atoms with E-state index in [2.05, 4.69) is 15.6 Å². The highest BCUT2D eigenvalue weighted by Crippen LogP contribution is 2.21. The Morgan fingerprint density at radius 1 is 1.21 bits per heavy atom. The number of benzene rings is 1. The third-order valence-electron chi connectivity index (χ3n) is 3.54. The van der Waals surface area contributed by atoms with Crippen LogP contribution >= 0.6 is 0 Å². The van der Waals surface area contributed by atoms with E-state index in [0.29, 0.717) is 12.1 Å². The van der Waals surface area contributed by atoms with Crippen LogP contribution in [0, 0.1) is 18.6 Å². The Bertz CT molecular complexity index is 765. The fourth-order valence-corrected chi connectivity index (χ4v) is 2.18. The minimum atomic E-state index is -0.936. The molecule has 0 fully saturated rings. The summed E-state index contributed by atoms with van der Waals surface area (Å²) in [6, 6.07) is 3.86. The maximum absolute atomic E-state index is 13.8. The van der Waals surface area contributed by atoms with Crippen molar-refractivity contribution in [2.45, 2.75) is 26.3 Å². The van der Waals surface area contributed by atoms with E-state index >= 15 is 0 Å². The number of nitrogens with zero attached hydrogens (tertiary/aromatic N) is 1. The SMILES string of the molecule is CCC(NC(=O)C(=O)Nc1cnccc1C)c1cc(F)ccc1F. The molecular formula is C17H17F2N3O2. The summed E-state index contributed by atoms with van der Waals surface area (Å²) >= 11 is 0. The molecule has 126 valence electrons. The summed E-state index contributed by atoms with van der Waals surface area (Å²) in [4.78, 5) is 27.9. The van der Waals surface area contributed by atoms with Gasteiger partial charge < -0.3 is 10.6 Å². The third kappa shape index (κ3) is 4.13. The van der Waals surface area contributed by atoms with Gasteiger partial charge in [0.2, 0.25) is 0 Å². The van der Waals surface area contributed by atoms with Crippen LogP contribution < -0.4 is 10.6 Å². The Morgan fingerprint density at radius 2 is 1.96 bits per heavy atom. The van der Waals surface area contributed by atoms with Gasteiger partial charge in [0.25, 0.3) is 0 Å². The number of anilines is 1. The Morgan fingerprint density at radius 3 is 2.62 bits per heavy atom. The number of rotatable bonds is 4. The third-order valence-corrected chi connectivity index (χ3v) is 3.54. The summed E-state index contributed by atoms with van der Waals surface area (Å²) in [5.74, 6) is -3.10. The van der Waals surface area contributed by atoms with Crippen LogP contribution in [0.15, 0.2) is 36.7 Å².